The lowest BCUT2D eigenvalue weighted by Crippen LogP contribution is -2.53. The predicted molar refractivity (Wildman–Crippen MR) is 74.5 cm³/mol. The molecule has 0 aromatic carbocycles. The molecule has 1 aliphatic heterocycles. The zero-order valence-electron chi connectivity index (χ0n) is 11.6. The molecule has 1 saturated heterocycles. The van der Waals surface area contributed by atoms with Crippen LogP contribution in [0.1, 0.15) is 16.3 Å². The minimum Gasteiger partial charge on any atom is -0.456 e. The first-order valence-electron chi connectivity index (χ1n) is 6.61. The summed E-state index contributed by atoms with van der Waals surface area (Å²) in [6.45, 7) is 7.88. The second-order valence-corrected chi connectivity index (χ2v) is 4.66. The van der Waals surface area contributed by atoms with Crippen molar-refractivity contribution in [3.8, 4) is 0 Å². The summed E-state index contributed by atoms with van der Waals surface area (Å²) in [5, 5.41) is 2.73. The molecule has 1 N–H and O–H groups in total. The lowest BCUT2D eigenvalue weighted by atomic mass is 10.3. The van der Waals surface area contributed by atoms with Gasteiger partial charge in [0.15, 0.2) is 5.76 Å². The first kappa shape index (κ1) is 14.2. The standard InChI is InChI=1S/C14H19N3O3/c1-3-6-15-14(19)17-9-7-16(8-10-17)13(18)12-5-4-11(2)20-12/h3-5H,1,6-10H2,2H3,(H,15,19). The molecule has 0 aliphatic carbocycles. The van der Waals surface area contributed by atoms with Crippen molar-refractivity contribution in [1.82, 2.24) is 15.1 Å². The zero-order chi connectivity index (χ0) is 14.5. The number of hydrogen-bond donors (Lipinski definition) is 1. The van der Waals surface area contributed by atoms with E-state index in [1.165, 1.54) is 0 Å². The molecule has 6 nitrogen and oxygen atoms in total. The van der Waals surface area contributed by atoms with Gasteiger partial charge in [-0.05, 0) is 19.1 Å². The fourth-order valence-corrected chi connectivity index (χ4v) is 2.09. The van der Waals surface area contributed by atoms with Crippen LogP contribution in [0, 0.1) is 6.92 Å². The van der Waals surface area contributed by atoms with Crippen LogP contribution in [0.2, 0.25) is 0 Å². The highest BCUT2D eigenvalue weighted by atomic mass is 16.3. The van der Waals surface area contributed by atoms with Crippen LogP contribution in [-0.4, -0.2) is 54.5 Å². The van der Waals surface area contributed by atoms with Gasteiger partial charge < -0.3 is 19.5 Å². The normalized spacial score (nSPS) is 15.1. The number of furan rings is 1. The minimum atomic E-state index is -0.121. The number of carbonyl (C=O) groups excluding carboxylic acids is 2. The van der Waals surface area contributed by atoms with Gasteiger partial charge in [-0.1, -0.05) is 6.08 Å². The Kier molecular flexibility index (Phi) is 4.45. The smallest absolute Gasteiger partial charge is 0.317 e. The Morgan fingerprint density at radius 2 is 1.95 bits per heavy atom. The van der Waals surface area contributed by atoms with Gasteiger partial charge in [-0.2, -0.15) is 0 Å². The lowest BCUT2D eigenvalue weighted by Gasteiger charge is -2.34. The first-order chi connectivity index (χ1) is 9.61. The van der Waals surface area contributed by atoms with Crippen LogP contribution < -0.4 is 5.32 Å². The van der Waals surface area contributed by atoms with Crippen LogP contribution in [0.5, 0.6) is 0 Å². The molecule has 0 unspecified atom stereocenters. The van der Waals surface area contributed by atoms with Crippen LogP contribution in [0.25, 0.3) is 0 Å². The maximum absolute atomic E-state index is 12.2. The number of piperazine rings is 1. The molecule has 20 heavy (non-hydrogen) atoms. The highest BCUT2D eigenvalue weighted by Gasteiger charge is 2.25. The average Bonchev–Trinajstić information content (AvgIpc) is 2.90. The zero-order valence-corrected chi connectivity index (χ0v) is 11.6. The number of hydrogen-bond acceptors (Lipinski definition) is 3. The van der Waals surface area contributed by atoms with Crippen molar-refractivity contribution in [3.63, 3.8) is 0 Å². The van der Waals surface area contributed by atoms with Gasteiger partial charge in [-0.15, -0.1) is 6.58 Å². The number of nitrogens with one attached hydrogen (secondary N) is 1. The third kappa shape index (κ3) is 3.20. The number of aryl methyl sites for hydroxylation is 1. The minimum absolute atomic E-state index is 0.120. The summed E-state index contributed by atoms with van der Waals surface area (Å²) in [5.41, 5.74) is 0. The van der Waals surface area contributed by atoms with Crippen LogP contribution >= 0.6 is 0 Å². The molecule has 6 heteroatoms. The van der Waals surface area contributed by atoms with Gasteiger partial charge in [0.2, 0.25) is 0 Å². The Morgan fingerprint density at radius 1 is 1.30 bits per heavy atom. The molecule has 2 heterocycles. The summed E-state index contributed by atoms with van der Waals surface area (Å²) in [6, 6.07) is 3.33. The predicted octanol–water partition coefficient (Wildman–Crippen LogP) is 1.24. The van der Waals surface area contributed by atoms with Gasteiger partial charge in [0.05, 0.1) is 0 Å². The van der Waals surface area contributed by atoms with E-state index in [2.05, 4.69) is 11.9 Å². The molecule has 0 saturated carbocycles. The van der Waals surface area contributed by atoms with Crippen molar-refractivity contribution >= 4 is 11.9 Å². The Balaban J connectivity index is 1.86. The Labute approximate surface area is 118 Å². The Bertz CT molecular complexity index is 502. The number of nitrogens with zero attached hydrogens (tertiary/aromatic N) is 2. The molecule has 0 bridgehead atoms. The van der Waals surface area contributed by atoms with Gasteiger partial charge >= 0.3 is 6.03 Å². The van der Waals surface area contributed by atoms with Crippen LogP contribution in [-0.2, 0) is 0 Å². The first-order valence-corrected chi connectivity index (χ1v) is 6.61. The van der Waals surface area contributed by atoms with Crippen LogP contribution in [0.15, 0.2) is 29.2 Å². The third-order valence-corrected chi connectivity index (χ3v) is 3.20. The molecule has 1 aliphatic rings. The topological polar surface area (TPSA) is 65.8 Å². The van der Waals surface area contributed by atoms with E-state index in [0.29, 0.717) is 38.5 Å². The van der Waals surface area contributed by atoms with E-state index in [1.54, 1.807) is 34.9 Å². The number of amides is 3. The summed E-state index contributed by atoms with van der Waals surface area (Å²) in [6.07, 6.45) is 1.64. The van der Waals surface area contributed by atoms with Crippen molar-refractivity contribution in [3.05, 3.63) is 36.3 Å². The van der Waals surface area contributed by atoms with E-state index >= 15 is 0 Å². The van der Waals surface area contributed by atoms with Gasteiger partial charge in [-0.25, -0.2) is 4.79 Å². The number of carbonyl (C=O) groups is 2. The second kappa shape index (κ2) is 6.27. The summed E-state index contributed by atoms with van der Waals surface area (Å²) in [7, 11) is 0. The molecule has 108 valence electrons. The van der Waals surface area contributed by atoms with Crippen molar-refractivity contribution in [2.24, 2.45) is 0 Å². The molecule has 0 radical (unpaired) electrons. The number of rotatable bonds is 3. The molecular formula is C14H19N3O3. The average molecular weight is 277 g/mol. The molecule has 3 amide bonds. The second-order valence-electron chi connectivity index (χ2n) is 4.66. The summed E-state index contributed by atoms with van der Waals surface area (Å²) < 4.78 is 5.33. The fourth-order valence-electron chi connectivity index (χ4n) is 2.09. The Morgan fingerprint density at radius 3 is 2.50 bits per heavy atom. The van der Waals surface area contributed by atoms with Crippen molar-refractivity contribution < 1.29 is 14.0 Å². The van der Waals surface area contributed by atoms with E-state index in [-0.39, 0.29) is 11.9 Å². The van der Waals surface area contributed by atoms with E-state index in [9.17, 15) is 9.59 Å². The third-order valence-electron chi connectivity index (χ3n) is 3.20. The fraction of sp³-hybridized carbons (Fsp3) is 0.429. The van der Waals surface area contributed by atoms with Crippen LogP contribution in [0.3, 0.4) is 0 Å². The van der Waals surface area contributed by atoms with E-state index in [1.807, 2.05) is 0 Å². The van der Waals surface area contributed by atoms with Crippen molar-refractivity contribution in [2.75, 3.05) is 32.7 Å². The van der Waals surface area contributed by atoms with E-state index in [4.69, 9.17) is 4.42 Å². The molecule has 1 aromatic heterocycles. The van der Waals surface area contributed by atoms with Gasteiger partial charge in [0.1, 0.15) is 5.76 Å². The quantitative estimate of drug-likeness (QED) is 0.845. The molecule has 2 rings (SSSR count). The largest absolute Gasteiger partial charge is 0.456 e. The maximum atomic E-state index is 12.2. The molecule has 1 fully saturated rings. The molecule has 1 aromatic rings. The highest BCUT2D eigenvalue weighted by Crippen LogP contribution is 2.12. The van der Waals surface area contributed by atoms with Gasteiger partial charge in [0, 0.05) is 32.7 Å². The molecule has 0 atom stereocenters. The van der Waals surface area contributed by atoms with E-state index < -0.39 is 0 Å². The SMILES string of the molecule is C=CCNC(=O)N1CCN(C(=O)c2ccc(C)o2)CC1. The monoisotopic (exact) mass is 277 g/mol. The van der Waals surface area contributed by atoms with Crippen molar-refractivity contribution in [1.29, 1.82) is 0 Å². The molecule has 0 spiro atoms. The molecular weight excluding hydrogens is 258 g/mol. The summed E-state index contributed by atoms with van der Waals surface area (Å²) >= 11 is 0. The highest BCUT2D eigenvalue weighted by molar-refractivity contribution is 5.91. The Hall–Kier alpha value is -2.24. The maximum Gasteiger partial charge on any atom is 0.317 e. The summed E-state index contributed by atoms with van der Waals surface area (Å²) in [5.74, 6) is 0.951. The van der Waals surface area contributed by atoms with Crippen LogP contribution in [0.4, 0.5) is 4.79 Å². The number of urea groups is 1. The lowest BCUT2D eigenvalue weighted by molar-refractivity contribution is 0.0633. The summed E-state index contributed by atoms with van der Waals surface area (Å²) in [4.78, 5) is 27.3. The van der Waals surface area contributed by atoms with Gasteiger partial charge in [0.25, 0.3) is 5.91 Å². The van der Waals surface area contributed by atoms with Gasteiger partial charge in [-0.3, -0.25) is 4.79 Å². The van der Waals surface area contributed by atoms with Crippen molar-refractivity contribution in [2.45, 2.75) is 6.92 Å². The van der Waals surface area contributed by atoms with E-state index in [0.717, 1.165) is 5.76 Å².